The number of aryl methyl sites for hydroxylation is 1. The lowest BCUT2D eigenvalue weighted by Crippen LogP contribution is -2.14. The first-order chi connectivity index (χ1) is 9.88. The van der Waals surface area contributed by atoms with Crippen molar-refractivity contribution in [1.29, 1.82) is 0 Å². The Kier molecular flexibility index (Phi) is 3.92. The number of halogens is 2. The maximum Gasteiger partial charge on any atom is 0.333 e. The molecule has 1 N–H and O–H groups in total. The summed E-state index contributed by atoms with van der Waals surface area (Å²) < 4.78 is 25.0. The summed E-state index contributed by atoms with van der Waals surface area (Å²) in [5.41, 5.74) is 0.0886. The molecule has 1 aromatic heterocycles. The minimum absolute atomic E-state index is 0.0257. The average molecular weight is 296 g/mol. The van der Waals surface area contributed by atoms with Gasteiger partial charge in [-0.2, -0.15) is 13.9 Å². The van der Waals surface area contributed by atoms with Crippen LogP contribution in [-0.2, 0) is 0 Å². The molecule has 0 atom stereocenters. The Balaban J connectivity index is 2.25. The average Bonchev–Trinajstić information content (AvgIpc) is 2.90. The number of hydrogen-bond acceptors (Lipinski definition) is 4. The van der Waals surface area contributed by atoms with Crippen LogP contribution in [0.3, 0.4) is 0 Å². The zero-order chi connectivity index (χ0) is 15.6. The molecule has 1 amide bonds. The fourth-order valence-corrected chi connectivity index (χ4v) is 1.65. The Morgan fingerprint density at radius 2 is 2.14 bits per heavy atom. The van der Waals surface area contributed by atoms with Gasteiger partial charge in [0.25, 0.3) is 11.6 Å². The van der Waals surface area contributed by atoms with E-state index in [9.17, 15) is 23.7 Å². The summed E-state index contributed by atoms with van der Waals surface area (Å²) in [6.45, 7) is -1.19. The molecule has 0 fully saturated rings. The van der Waals surface area contributed by atoms with Gasteiger partial charge in [-0.1, -0.05) is 6.07 Å². The Morgan fingerprint density at radius 1 is 1.43 bits per heavy atom. The monoisotopic (exact) mass is 296 g/mol. The Labute approximate surface area is 117 Å². The van der Waals surface area contributed by atoms with Gasteiger partial charge >= 0.3 is 6.55 Å². The molecule has 2 rings (SSSR count). The molecule has 0 saturated heterocycles. The topological polar surface area (TPSA) is 90.1 Å². The van der Waals surface area contributed by atoms with Crippen molar-refractivity contribution in [3.8, 4) is 0 Å². The predicted molar refractivity (Wildman–Crippen MR) is 69.3 cm³/mol. The largest absolute Gasteiger partial charge is 0.333 e. The number of hydrogen-bond donors (Lipinski definition) is 1. The van der Waals surface area contributed by atoms with Gasteiger partial charge in [-0.15, -0.1) is 0 Å². The molecule has 7 nitrogen and oxygen atoms in total. The second-order valence-electron chi connectivity index (χ2n) is 4.19. The SMILES string of the molecule is Cc1ccc(NC(=O)c2ccn(C(F)F)n2)c([N+](=O)[O-])c1. The minimum atomic E-state index is -2.86. The number of carbonyl (C=O) groups is 1. The summed E-state index contributed by atoms with van der Waals surface area (Å²) in [5.74, 6) is -0.804. The third-order valence-electron chi connectivity index (χ3n) is 2.64. The number of nitro benzene ring substituents is 1. The van der Waals surface area contributed by atoms with Crippen LogP contribution in [0, 0.1) is 17.0 Å². The smallest absolute Gasteiger partial charge is 0.315 e. The molecule has 0 bridgehead atoms. The molecule has 0 aliphatic carbocycles. The Morgan fingerprint density at radius 3 is 2.71 bits per heavy atom. The first-order valence-electron chi connectivity index (χ1n) is 5.78. The van der Waals surface area contributed by atoms with Gasteiger partial charge in [0, 0.05) is 12.3 Å². The number of aromatic nitrogens is 2. The molecule has 9 heteroatoms. The van der Waals surface area contributed by atoms with Gasteiger partial charge in [0.05, 0.1) is 4.92 Å². The van der Waals surface area contributed by atoms with E-state index in [0.29, 0.717) is 10.2 Å². The molecule has 0 radical (unpaired) electrons. The molecule has 0 aliphatic rings. The van der Waals surface area contributed by atoms with Gasteiger partial charge in [-0.05, 0) is 24.6 Å². The lowest BCUT2D eigenvalue weighted by atomic mass is 10.2. The van der Waals surface area contributed by atoms with E-state index < -0.39 is 17.4 Å². The number of anilines is 1. The van der Waals surface area contributed by atoms with Gasteiger partial charge in [0.2, 0.25) is 0 Å². The van der Waals surface area contributed by atoms with E-state index in [1.165, 1.54) is 12.1 Å². The van der Waals surface area contributed by atoms with Crippen molar-refractivity contribution in [3.63, 3.8) is 0 Å². The first-order valence-corrected chi connectivity index (χ1v) is 5.78. The van der Waals surface area contributed by atoms with E-state index in [1.807, 2.05) is 0 Å². The summed E-state index contributed by atoms with van der Waals surface area (Å²) in [7, 11) is 0. The molecule has 0 saturated carbocycles. The van der Waals surface area contributed by atoms with Crippen molar-refractivity contribution in [1.82, 2.24) is 9.78 Å². The number of rotatable bonds is 4. The van der Waals surface area contributed by atoms with E-state index in [4.69, 9.17) is 0 Å². The van der Waals surface area contributed by atoms with E-state index in [0.717, 1.165) is 12.3 Å². The van der Waals surface area contributed by atoms with Gasteiger partial charge in [-0.25, -0.2) is 4.68 Å². The summed E-state index contributed by atoms with van der Waals surface area (Å²) >= 11 is 0. The standard InChI is InChI=1S/C12H10F2N4O3/c1-7-2-3-8(10(6-7)18(20)21)15-11(19)9-4-5-17(16-9)12(13)14/h2-6,12H,1H3,(H,15,19). The molecule has 0 unspecified atom stereocenters. The molecule has 2 aromatic rings. The molecule has 110 valence electrons. The van der Waals surface area contributed by atoms with E-state index in [1.54, 1.807) is 13.0 Å². The highest BCUT2D eigenvalue weighted by Crippen LogP contribution is 2.25. The number of carbonyl (C=O) groups excluding carboxylic acids is 1. The number of benzene rings is 1. The van der Waals surface area contributed by atoms with Crippen LogP contribution in [0.15, 0.2) is 30.5 Å². The summed E-state index contributed by atoms with van der Waals surface area (Å²) in [5, 5.41) is 16.6. The van der Waals surface area contributed by atoms with Gasteiger partial charge < -0.3 is 5.32 Å². The maximum absolute atomic E-state index is 12.4. The van der Waals surface area contributed by atoms with Crippen molar-refractivity contribution in [2.24, 2.45) is 0 Å². The second kappa shape index (κ2) is 5.65. The quantitative estimate of drug-likeness (QED) is 0.693. The van der Waals surface area contributed by atoms with Crippen LogP contribution in [0.5, 0.6) is 0 Å². The van der Waals surface area contributed by atoms with Crippen molar-refractivity contribution in [2.75, 3.05) is 5.32 Å². The van der Waals surface area contributed by atoms with Crippen molar-refractivity contribution in [3.05, 3.63) is 51.8 Å². The van der Waals surface area contributed by atoms with E-state index in [2.05, 4.69) is 10.4 Å². The van der Waals surface area contributed by atoms with Gasteiger partial charge in [0.15, 0.2) is 5.69 Å². The first kappa shape index (κ1) is 14.6. The fourth-order valence-electron chi connectivity index (χ4n) is 1.65. The third-order valence-corrected chi connectivity index (χ3v) is 2.64. The Hall–Kier alpha value is -2.84. The highest BCUT2D eigenvalue weighted by Gasteiger charge is 2.19. The summed E-state index contributed by atoms with van der Waals surface area (Å²) in [6, 6.07) is 5.35. The van der Waals surface area contributed by atoms with Crippen LogP contribution in [0.4, 0.5) is 20.2 Å². The van der Waals surface area contributed by atoms with Gasteiger partial charge in [-0.3, -0.25) is 14.9 Å². The van der Waals surface area contributed by atoms with Crippen LogP contribution in [-0.4, -0.2) is 20.6 Å². The fraction of sp³-hybridized carbons (Fsp3) is 0.167. The van der Waals surface area contributed by atoms with Crippen LogP contribution in [0.1, 0.15) is 22.6 Å². The van der Waals surface area contributed by atoms with Crippen LogP contribution in [0.25, 0.3) is 0 Å². The lowest BCUT2D eigenvalue weighted by Gasteiger charge is -2.05. The van der Waals surface area contributed by atoms with Crippen molar-refractivity contribution >= 4 is 17.3 Å². The Bertz CT molecular complexity index is 700. The molecule has 0 spiro atoms. The zero-order valence-corrected chi connectivity index (χ0v) is 10.8. The van der Waals surface area contributed by atoms with Crippen LogP contribution < -0.4 is 5.32 Å². The van der Waals surface area contributed by atoms with Gasteiger partial charge in [0.1, 0.15) is 5.69 Å². The van der Waals surface area contributed by atoms with Crippen molar-refractivity contribution < 1.29 is 18.5 Å². The number of nitro groups is 1. The summed E-state index contributed by atoms with van der Waals surface area (Å²) in [6.07, 6.45) is 0.948. The van der Waals surface area contributed by atoms with E-state index >= 15 is 0 Å². The molecule has 0 aliphatic heterocycles. The summed E-state index contributed by atoms with van der Waals surface area (Å²) in [4.78, 5) is 22.1. The highest BCUT2D eigenvalue weighted by molar-refractivity contribution is 6.04. The molecule has 1 aromatic carbocycles. The second-order valence-corrected chi connectivity index (χ2v) is 4.19. The number of alkyl halides is 2. The molecular formula is C12H10F2N4O3. The number of nitrogens with one attached hydrogen (secondary N) is 1. The minimum Gasteiger partial charge on any atom is -0.315 e. The third kappa shape index (κ3) is 3.19. The number of nitrogens with zero attached hydrogens (tertiary/aromatic N) is 3. The van der Waals surface area contributed by atoms with Crippen LogP contribution >= 0.6 is 0 Å². The lowest BCUT2D eigenvalue weighted by molar-refractivity contribution is -0.384. The van der Waals surface area contributed by atoms with Crippen LogP contribution in [0.2, 0.25) is 0 Å². The van der Waals surface area contributed by atoms with Crippen molar-refractivity contribution in [2.45, 2.75) is 13.5 Å². The normalized spacial score (nSPS) is 10.7. The predicted octanol–water partition coefficient (Wildman–Crippen LogP) is 2.75. The zero-order valence-electron chi connectivity index (χ0n) is 10.8. The van der Waals surface area contributed by atoms with E-state index in [-0.39, 0.29) is 17.1 Å². The molecule has 1 heterocycles. The molecule has 21 heavy (non-hydrogen) atoms. The number of amides is 1. The highest BCUT2D eigenvalue weighted by atomic mass is 19.3. The molecular weight excluding hydrogens is 286 g/mol. The maximum atomic E-state index is 12.4.